The van der Waals surface area contributed by atoms with Gasteiger partial charge in [0.25, 0.3) is 5.91 Å². The van der Waals surface area contributed by atoms with Gasteiger partial charge in [-0.05, 0) is 50.2 Å². The van der Waals surface area contributed by atoms with Gasteiger partial charge in [-0.25, -0.2) is 0 Å². The Hall–Kier alpha value is -3.23. The van der Waals surface area contributed by atoms with E-state index in [4.69, 9.17) is 4.42 Å². The number of rotatable bonds is 5. The summed E-state index contributed by atoms with van der Waals surface area (Å²) in [5, 5.41) is 12.7. The van der Waals surface area contributed by atoms with Crippen molar-refractivity contribution >= 4 is 29.4 Å². The van der Waals surface area contributed by atoms with Crippen molar-refractivity contribution in [1.82, 2.24) is 0 Å². The summed E-state index contributed by atoms with van der Waals surface area (Å²) < 4.78 is 5.72. The molecule has 2 aromatic carbocycles. The SMILES string of the molecule is Cc1ccc(NC(=O)/C(C#N)=C\c2ccc(Sc3ccc(C)cc3)o2)cc1. The molecular weight excluding hydrogens is 356 g/mol. The number of carbonyl (C=O) groups is 1. The maximum absolute atomic E-state index is 12.3. The Labute approximate surface area is 162 Å². The lowest BCUT2D eigenvalue weighted by molar-refractivity contribution is -0.112. The Kier molecular flexibility index (Phi) is 5.80. The first-order chi connectivity index (χ1) is 13.0. The van der Waals surface area contributed by atoms with Crippen LogP contribution in [0, 0.1) is 25.2 Å². The molecule has 0 bridgehead atoms. The Morgan fingerprint density at radius 3 is 2.26 bits per heavy atom. The van der Waals surface area contributed by atoms with E-state index in [1.165, 1.54) is 23.4 Å². The standard InChI is InChI=1S/C22H18N2O2S/c1-15-3-7-18(8-4-15)24-22(25)17(14-23)13-19-9-12-21(26-19)27-20-10-5-16(2)6-11-20/h3-13H,1-2H3,(H,24,25)/b17-13-. The molecule has 1 aromatic heterocycles. The highest BCUT2D eigenvalue weighted by Gasteiger charge is 2.11. The normalized spacial score (nSPS) is 11.1. The van der Waals surface area contributed by atoms with E-state index in [0.29, 0.717) is 16.5 Å². The van der Waals surface area contributed by atoms with Gasteiger partial charge >= 0.3 is 0 Å². The molecule has 0 spiro atoms. The highest BCUT2D eigenvalue weighted by atomic mass is 32.2. The van der Waals surface area contributed by atoms with E-state index in [-0.39, 0.29) is 5.57 Å². The Balaban J connectivity index is 1.71. The zero-order valence-corrected chi connectivity index (χ0v) is 15.8. The summed E-state index contributed by atoms with van der Waals surface area (Å²) in [5.74, 6) is -0.00860. The van der Waals surface area contributed by atoms with Crippen LogP contribution in [0.25, 0.3) is 6.08 Å². The van der Waals surface area contributed by atoms with Crippen LogP contribution in [0.3, 0.4) is 0 Å². The maximum Gasteiger partial charge on any atom is 0.266 e. The molecule has 4 nitrogen and oxygen atoms in total. The minimum absolute atomic E-state index is 0.0168. The summed E-state index contributed by atoms with van der Waals surface area (Å²) in [6.45, 7) is 4.00. The molecule has 0 saturated heterocycles. The zero-order chi connectivity index (χ0) is 19.2. The zero-order valence-electron chi connectivity index (χ0n) is 15.0. The fourth-order valence-corrected chi connectivity index (χ4v) is 3.09. The average molecular weight is 374 g/mol. The number of aryl methyl sites for hydroxylation is 2. The largest absolute Gasteiger partial charge is 0.450 e. The summed E-state index contributed by atoms with van der Waals surface area (Å²) in [7, 11) is 0. The number of carbonyl (C=O) groups excluding carboxylic acids is 1. The lowest BCUT2D eigenvalue weighted by Gasteiger charge is -2.04. The van der Waals surface area contributed by atoms with Crippen LogP contribution >= 0.6 is 11.8 Å². The van der Waals surface area contributed by atoms with Gasteiger partial charge < -0.3 is 9.73 Å². The topological polar surface area (TPSA) is 66.0 Å². The minimum Gasteiger partial charge on any atom is -0.450 e. The van der Waals surface area contributed by atoms with Crippen molar-refractivity contribution in [3.05, 3.63) is 83.1 Å². The van der Waals surface area contributed by atoms with Crippen LogP contribution in [0.15, 0.2) is 80.6 Å². The summed E-state index contributed by atoms with van der Waals surface area (Å²) in [6.07, 6.45) is 1.45. The van der Waals surface area contributed by atoms with Crippen LogP contribution in [0.4, 0.5) is 5.69 Å². The van der Waals surface area contributed by atoms with E-state index in [1.807, 2.05) is 62.4 Å². The number of anilines is 1. The molecule has 27 heavy (non-hydrogen) atoms. The van der Waals surface area contributed by atoms with Crippen LogP contribution in [0.1, 0.15) is 16.9 Å². The number of hydrogen-bond acceptors (Lipinski definition) is 4. The van der Waals surface area contributed by atoms with Gasteiger partial charge in [-0.15, -0.1) is 0 Å². The monoisotopic (exact) mass is 374 g/mol. The first kappa shape index (κ1) is 18.6. The Morgan fingerprint density at radius 1 is 1.00 bits per heavy atom. The molecule has 134 valence electrons. The molecule has 0 fully saturated rings. The number of benzene rings is 2. The maximum atomic E-state index is 12.3. The summed E-state index contributed by atoms with van der Waals surface area (Å²) in [5.41, 5.74) is 2.91. The van der Waals surface area contributed by atoms with Crippen molar-refractivity contribution in [3.8, 4) is 6.07 Å². The van der Waals surface area contributed by atoms with Gasteiger partial charge in [0.05, 0.1) is 0 Å². The second-order valence-corrected chi connectivity index (χ2v) is 7.14. The van der Waals surface area contributed by atoms with Crippen LogP contribution < -0.4 is 5.32 Å². The van der Waals surface area contributed by atoms with Crippen molar-refractivity contribution in [1.29, 1.82) is 5.26 Å². The highest BCUT2D eigenvalue weighted by Crippen LogP contribution is 2.30. The number of nitrogens with zero attached hydrogens (tertiary/aromatic N) is 1. The predicted octanol–water partition coefficient (Wildman–Crippen LogP) is 5.59. The Morgan fingerprint density at radius 2 is 1.63 bits per heavy atom. The van der Waals surface area contributed by atoms with E-state index in [0.717, 1.165) is 10.5 Å². The molecule has 0 aliphatic rings. The van der Waals surface area contributed by atoms with Crippen molar-refractivity contribution in [3.63, 3.8) is 0 Å². The van der Waals surface area contributed by atoms with Crippen molar-refractivity contribution in [2.24, 2.45) is 0 Å². The molecule has 0 radical (unpaired) electrons. The summed E-state index contributed by atoms with van der Waals surface area (Å²) in [4.78, 5) is 13.4. The Bertz CT molecular complexity index is 1010. The molecule has 0 unspecified atom stereocenters. The smallest absolute Gasteiger partial charge is 0.266 e. The summed E-state index contributed by atoms with van der Waals surface area (Å²) >= 11 is 1.48. The molecule has 1 heterocycles. The van der Waals surface area contributed by atoms with Crippen molar-refractivity contribution in [2.45, 2.75) is 23.8 Å². The molecule has 1 amide bonds. The fourth-order valence-electron chi connectivity index (χ4n) is 2.32. The third-order valence-corrected chi connectivity index (χ3v) is 4.73. The van der Waals surface area contributed by atoms with Crippen LogP contribution in [0.2, 0.25) is 0 Å². The lowest BCUT2D eigenvalue weighted by Crippen LogP contribution is -2.13. The van der Waals surface area contributed by atoms with Gasteiger partial charge in [-0.3, -0.25) is 4.79 Å². The molecule has 5 heteroatoms. The van der Waals surface area contributed by atoms with E-state index < -0.39 is 5.91 Å². The third-order valence-electron chi connectivity index (χ3n) is 3.80. The first-order valence-electron chi connectivity index (χ1n) is 8.37. The van der Waals surface area contributed by atoms with Gasteiger partial charge in [-0.1, -0.05) is 47.2 Å². The van der Waals surface area contributed by atoms with Crippen LogP contribution in [-0.4, -0.2) is 5.91 Å². The number of furan rings is 1. The first-order valence-corrected chi connectivity index (χ1v) is 9.19. The lowest BCUT2D eigenvalue weighted by atomic mass is 10.2. The van der Waals surface area contributed by atoms with E-state index in [1.54, 1.807) is 18.2 Å². The molecule has 0 saturated carbocycles. The van der Waals surface area contributed by atoms with Gasteiger partial charge in [-0.2, -0.15) is 5.26 Å². The number of nitrogens with one attached hydrogen (secondary N) is 1. The molecule has 3 rings (SSSR count). The molecule has 0 aliphatic heterocycles. The highest BCUT2D eigenvalue weighted by molar-refractivity contribution is 7.99. The van der Waals surface area contributed by atoms with Crippen LogP contribution in [0.5, 0.6) is 0 Å². The number of hydrogen-bond donors (Lipinski definition) is 1. The van der Waals surface area contributed by atoms with Gasteiger partial charge in [0, 0.05) is 16.7 Å². The summed E-state index contributed by atoms with van der Waals surface area (Å²) in [6, 6.07) is 21.0. The number of amides is 1. The van der Waals surface area contributed by atoms with Crippen LogP contribution in [-0.2, 0) is 4.79 Å². The van der Waals surface area contributed by atoms with Crippen molar-refractivity contribution in [2.75, 3.05) is 5.32 Å². The number of nitriles is 1. The van der Waals surface area contributed by atoms with Crippen molar-refractivity contribution < 1.29 is 9.21 Å². The molecule has 0 atom stereocenters. The second-order valence-electron chi connectivity index (χ2n) is 6.06. The molecule has 0 aliphatic carbocycles. The molecular formula is C22H18N2O2S. The molecule has 1 N–H and O–H groups in total. The quantitative estimate of drug-likeness (QED) is 0.467. The minimum atomic E-state index is -0.467. The second kappa shape index (κ2) is 8.43. The third kappa shape index (κ3) is 5.13. The average Bonchev–Trinajstić information content (AvgIpc) is 3.10. The van der Waals surface area contributed by atoms with E-state index in [2.05, 4.69) is 5.32 Å². The molecule has 3 aromatic rings. The predicted molar refractivity (Wildman–Crippen MR) is 107 cm³/mol. The van der Waals surface area contributed by atoms with Gasteiger partial charge in [0.1, 0.15) is 17.4 Å². The fraction of sp³-hybridized carbons (Fsp3) is 0.0909. The van der Waals surface area contributed by atoms with E-state index in [9.17, 15) is 10.1 Å². The van der Waals surface area contributed by atoms with Gasteiger partial charge in [0.15, 0.2) is 5.09 Å². The van der Waals surface area contributed by atoms with E-state index >= 15 is 0 Å². The van der Waals surface area contributed by atoms with Gasteiger partial charge in [0.2, 0.25) is 0 Å².